The summed E-state index contributed by atoms with van der Waals surface area (Å²) in [6.45, 7) is 3.72. The maximum Gasteiger partial charge on any atom is 0.234 e. The molecule has 0 unspecified atom stereocenters. The standard InChI is InChI=1S/C26H30ClN7O/c27-21-13-19-12-18-5-10-34(11-6-18)17-25(35)29-8-1-7-28-24-3-2-20(16-31-24)23-4-9-30-26(33-23)32-22(14-19)15-21/h2-4,9,13-16,18H,1,5-8,10-12,17H2,(H,28,31)(H,29,35)(H,30,32,33). The SMILES string of the molecule is O=C1CN2CCC(CC2)Cc2cc(Cl)cc(c2)Nc2nccc(n2)-c2ccc(nc2)NCCCN1. The van der Waals surface area contributed by atoms with Gasteiger partial charge in [-0.25, -0.2) is 15.0 Å². The molecule has 0 atom stereocenters. The number of hydrogen-bond donors (Lipinski definition) is 3. The average molecular weight is 492 g/mol. The Labute approximate surface area is 210 Å². The summed E-state index contributed by atoms with van der Waals surface area (Å²) >= 11 is 6.46. The van der Waals surface area contributed by atoms with Crippen molar-refractivity contribution >= 4 is 35.0 Å². The number of anilines is 3. The number of aromatic nitrogens is 3. The average Bonchev–Trinajstić information content (AvgIpc) is 2.85. The summed E-state index contributed by atoms with van der Waals surface area (Å²) in [6.07, 6.45) is 7.48. The fraction of sp³-hybridized carbons (Fsp3) is 0.385. The molecule has 35 heavy (non-hydrogen) atoms. The van der Waals surface area contributed by atoms with Crippen LogP contribution in [0.3, 0.4) is 0 Å². The van der Waals surface area contributed by atoms with Crippen molar-refractivity contribution < 1.29 is 4.79 Å². The van der Waals surface area contributed by atoms with E-state index in [0.29, 0.717) is 30.0 Å². The first kappa shape index (κ1) is 23.5. The van der Waals surface area contributed by atoms with Crippen LogP contribution < -0.4 is 16.0 Å². The van der Waals surface area contributed by atoms with Crippen LogP contribution in [0.2, 0.25) is 5.02 Å². The van der Waals surface area contributed by atoms with Crippen molar-refractivity contribution in [3.05, 3.63) is 59.4 Å². The zero-order valence-electron chi connectivity index (χ0n) is 19.6. The van der Waals surface area contributed by atoms with E-state index in [9.17, 15) is 4.79 Å². The Bertz CT molecular complexity index is 1160. The van der Waals surface area contributed by atoms with Crippen LogP contribution in [0.4, 0.5) is 17.5 Å². The molecule has 1 amide bonds. The van der Waals surface area contributed by atoms with Gasteiger partial charge in [0, 0.05) is 41.8 Å². The van der Waals surface area contributed by atoms with Crippen LogP contribution in [0.5, 0.6) is 0 Å². The predicted molar refractivity (Wildman–Crippen MR) is 139 cm³/mol. The Morgan fingerprint density at radius 3 is 2.69 bits per heavy atom. The Morgan fingerprint density at radius 1 is 1.00 bits per heavy atom. The molecule has 2 aromatic heterocycles. The van der Waals surface area contributed by atoms with Gasteiger partial charge in [0.1, 0.15) is 5.82 Å². The molecule has 7 heterocycles. The maximum atomic E-state index is 12.4. The van der Waals surface area contributed by atoms with Crippen molar-refractivity contribution in [3.8, 4) is 11.3 Å². The Balaban J connectivity index is 1.38. The van der Waals surface area contributed by atoms with E-state index in [1.165, 1.54) is 5.56 Å². The minimum atomic E-state index is 0.0951. The van der Waals surface area contributed by atoms with Crippen molar-refractivity contribution in [1.29, 1.82) is 0 Å². The normalized spacial score (nSPS) is 21.0. The minimum Gasteiger partial charge on any atom is -0.370 e. The molecule has 8 bridgehead atoms. The lowest BCUT2D eigenvalue weighted by Gasteiger charge is -2.31. The van der Waals surface area contributed by atoms with Crippen LogP contribution >= 0.6 is 11.6 Å². The molecule has 8 rings (SSSR count). The second-order valence-corrected chi connectivity index (χ2v) is 9.66. The summed E-state index contributed by atoms with van der Waals surface area (Å²) in [4.78, 5) is 28.2. The van der Waals surface area contributed by atoms with Crippen LogP contribution in [-0.2, 0) is 11.2 Å². The third kappa shape index (κ3) is 6.46. The zero-order valence-corrected chi connectivity index (χ0v) is 20.4. The lowest BCUT2D eigenvalue weighted by Crippen LogP contribution is -2.42. The molecule has 5 aliphatic rings. The Hall–Kier alpha value is -3.23. The van der Waals surface area contributed by atoms with Gasteiger partial charge in [0.05, 0.1) is 12.2 Å². The number of piperidine rings is 1. The third-order valence-electron chi connectivity index (χ3n) is 6.51. The van der Waals surface area contributed by atoms with Gasteiger partial charge < -0.3 is 16.0 Å². The van der Waals surface area contributed by atoms with Gasteiger partial charge in [0.15, 0.2) is 0 Å². The van der Waals surface area contributed by atoms with Gasteiger partial charge in [0.2, 0.25) is 11.9 Å². The monoisotopic (exact) mass is 491 g/mol. The van der Waals surface area contributed by atoms with Crippen LogP contribution in [0, 0.1) is 5.92 Å². The highest BCUT2D eigenvalue weighted by Crippen LogP contribution is 2.27. The van der Waals surface area contributed by atoms with Crippen LogP contribution in [0.25, 0.3) is 11.3 Å². The number of amides is 1. The van der Waals surface area contributed by atoms with Crippen LogP contribution in [-0.4, -0.2) is 58.5 Å². The van der Waals surface area contributed by atoms with E-state index in [-0.39, 0.29) is 5.91 Å². The first-order valence-corrected chi connectivity index (χ1v) is 12.6. The molecule has 0 spiro atoms. The number of pyridine rings is 1. The first-order chi connectivity index (χ1) is 17.1. The predicted octanol–water partition coefficient (Wildman–Crippen LogP) is 4.12. The smallest absolute Gasteiger partial charge is 0.234 e. The van der Waals surface area contributed by atoms with Crippen molar-refractivity contribution in [2.75, 3.05) is 43.4 Å². The molecule has 8 nitrogen and oxygen atoms in total. The number of nitrogens with zero attached hydrogens (tertiary/aromatic N) is 4. The van der Waals surface area contributed by atoms with Gasteiger partial charge in [-0.15, -0.1) is 0 Å². The van der Waals surface area contributed by atoms with Gasteiger partial charge >= 0.3 is 0 Å². The molecule has 3 N–H and O–H groups in total. The zero-order chi connectivity index (χ0) is 24.0. The molecule has 0 saturated carbocycles. The van der Waals surface area contributed by atoms with Crippen molar-refractivity contribution in [2.45, 2.75) is 25.7 Å². The molecule has 0 aliphatic carbocycles. The number of halogens is 1. The maximum absolute atomic E-state index is 12.4. The quantitative estimate of drug-likeness (QED) is 0.435. The number of carbonyl (C=O) groups is 1. The first-order valence-electron chi connectivity index (χ1n) is 12.2. The highest BCUT2D eigenvalue weighted by Gasteiger charge is 2.21. The highest BCUT2D eigenvalue weighted by molar-refractivity contribution is 6.31. The van der Waals surface area contributed by atoms with E-state index in [4.69, 9.17) is 11.6 Å². The summed E-state index contributed by atoms with van der Waals surface area (Å²) in [7, 11) is 0. The highest BCUT2D eigenvalue weighted by atomic mass is 35.5. The van der Waals surface area contributed by atoms with Gasteiger partial charge in [0.25, 0.3) is 0 Å². The molecule has 9 heteroatoms. The molecule has 1 saturated heterocycles. The van der Waals surface area contributed by atoms with Crippen molar-refractivity contribution in [3.63, 3.8) is 0 Å². The fourth-order valence-corrected chi connectivity index (χ4v) is 4.93. The molecule has 182 valence electrons. The summed E-state index contributed by atoms with van der Waals surface area (Å²) < 4.78 is 0. The third-order valence-corrected chi connectivity index (χ3v) is 6.73. The van der Waals surface area contributed by atoms with Crippen LogP contribution in [0.15, 0.2) is 48.8 Å². The van der Waals surface area contributed by atoms with Gasteiger partial charge in [-0.05, 0) is 86.7 Å². The number of nitrogens with one attached hydrogen (secondary N) is 3. The van der Waals surface area contributed by atoms with E-state index < -0.39 is 0 Å². The Morgan fingerprint density at radius 2 is 1.86 bits per heavy atom. The van der Waals surface area contributed by atoms with Crippen molar-refractivity contribution in [1.82, 2.24) is 25.2 Å². The number of rotatable bonds is 0. The second kappa shape index (κ2) is 11.0. The van der Waals surface area contributed by atoms with E-state index in [0.717, 1.165) is 68.1 Å². The van der Waals surface area contributed by atoms with Crippen LogP contribution in [0.1, 0.15) is 24.8 Å². The van der Waals surface area contributed by atoms with Gasteiger partial charge in [-0.1, -0.05) is 11.6 Å². The Kier molecular flexibility index (Phi) is 7.39. The summed E-state index contributed by atoms with van der Waals surface area (Å²) in [5.74, 6) is 1.97. The van der Waals surface area contributed by atoms with E-state index >= 15 is 0 Å². The largest absolute Gasteiger partial charge is 0.370 e. The summed E-state index contributed by atoms with van der Waals surface area (Å²) in [5, 5.41) is 10.4. The van der Waals surface area contributed by atoms with Gasteiger partial charge in [-0.2, -0.15) is 0 Å². The lowest BCUT2D eigenvalue weighted by molar-refractivity contribution is -0.122. The summed E-state index contributed by atoms with van der Waals surface area (Å²) in [5.41, 5.74) is 3.76. The minimum absolute atomic E-state index is 0.0951. The van der Waals surface area contributed by atoms with Crippen molar-refractivity contribution in [2.24, 2.45) is 5.92 Å². The second-order valence-electron chi connectivity index (χ2n) is 9.22. The fourth-order valence-electron chi connectivity index (χ4n) is 4.67. The van der Waals surface area contributed by atoms with Gasteiger partial charge in [-0.3, -0.25) is 9.69 Å². The summed E-state index contributed by atoms with van der Waals surface area (Å²) in [6, 6.07) is 11.8. The lowest BCUT2D eigenvalue weighted by atomic mass is 9.90. The topological polar surface area (TPSA) is 95.1 Å². The number of benzene rings is 1. The number of hydrogen-bond acceptors (Lipinski definition) is 7. The molecule has 1 fully saturated rings. The molecular weight excluding hydrogens is 462 g/mol. The molecule has 1 aromatic carbocycles. The van der Waals surface area contributed by atoms with E-state index in [2.05, 4.69) is 41.9 Å². The molecular formula is C26H30ClN7O. The molecule has 3 aromatic rings. The van der Waals surface area contributed by atoms with E-state index in [1.54, 1.807) is 12.4 Å². The number of carbonyl (C=O) groups excluding carboxylic acids is 1. The molecule has 0 radical (unpaired) electrons. The molecule has 5 aliphatic heterocycles. The van der Waals surface area contributed by atoms with E-state index in [1.807, 2.05) is 30.3 Å².